The first-order valence-corrected chi connectivity index (χ1v) is 18.4. The molecule has 0 saturated carbocycles. The number of piperidine rings is 2. The zero-order chi connectivity index (χ0) is 36.4. The lowest BCUT2D eigenvalue weighted by Gasteiger charge is -2.40. The number of urea groups is 1. The Morgan fingerprint density at radius 2 is 1.65 bits per heavy atom. The van der Waals surface area contributed by atoms with Gasteiger partial charge < -0.3 is 29.7 Å². The fourth-order valence-corrected chi connectivity index (χ4v) is 8.24. The van der Waals surface area contributed by atoms with Crippen LogP contribution >= 0.6 is 0 Å². The number of nitrogens with zero attached hydrogens (tertiary/aromatic N) is 6. The maximum Gasteiger partial charge on any atom is 0.418 e. The Bertz CT molecular complexity index is 1750. The molecule has 0 spiro atoms. The van der Waals surface area contributed by atoms with Gasteiger partial charge >= 0.3 is 18.3 Å². The molecule has 0 unspecified atom stereocenters. The van der Waals surface area contributed by atoms with E-state index in [-0.39, 0.29) is 35.0 Å². The van der Waals surface area contributed by atoms with Crippen LogP contribution < -0.4 is 5.32 Å². The first-order chi connectivity index (χ1) is 25.0. The maximum absolute atomic E-state index is 14.1. The second-order valence-electron chi connectivity index (χ2n) is 14.6. The van der Waals surface area contributed by atoms with Crippen LogP contribution in [0.4, 0.5) is 28.4 Å². The zero-order valence-electron chi connectivity index (χ0n) is 29.5. The number of H-pyrrole nitrogens is 1. The molecule has 12 nitrogen and oxygen atoms in total. The topological polar surface area (TPSA) is 117 Å². The van der Waals surface area contributed by atoms with Crippen molar-refractivity contribution in [3.8, 4) is 0 Å². The van der Waals surface area contributed by atoms with Gasteiger partial charge in [-0.25, -0.2) is 9.59 Å². The maximum atomic E-state index is 14.1. The number of carbonyl (C=O) groups excluding carboxylic acids is 3. The Hall–Kier alpha value is -4.37. The largest absolute Gasteiger partial charge is 0.436 e. The number of amides is 4. The molecule has 2 N–H and O–H groups in total. The van der Waals surface area contributed by atoms with Gasteiger partial charge in [0.05, 0.1) is 17.3 Å². The second kappa shape index (κ2) is 15.3. The molecule has 3 aromatic rings. The van der Waals surface area contributed by atoms with Crippen LogP contribution in [0, 0.1) is 0 Å². The van der Waals surface area contributed by atoms with Crippen LogP contribution in [0.1, 0.15) is 48.8 Å². The van der Waals surface area contributed by atoms with Crippen LogP contribution in [0.15, 0.2) is 42.6 Å². The van der Waals surface area contributed by atoms with Gasteiger partial charge in [-0.2, -0.15) is 18.3 Å². The lowest BCUT2D eigenvalue weighted by atomic mass is 9.99. The zero-order valence-corrected chi connectivity index (χ0v) is 29.5. The summed E-state index contributed by atoms with van der Waals surface area (Å²) in [5.74, 6) is -0.404. The molecule has 2 aromatic carbocycles. The van der Waals surface area contributed by atoms with E-state index in [4.69, 9.17) is 4.74 Å². The Morgan fingerprint density at radius 1 is 0.923 bits per heavy atom. The van der Waals surface area contributed by atoms with Crippen molar-refractivity contribution < 1.29 is 32.3 Å². The van der Waals surface area contributed by atoms with Crippen LogP contribution in [-0.4, -0.2) is 137 Å². The molecule has 1 aromatic heterocycles. The van der Waals surface area contributed by atoms with Crippen molar-refractivity contribution in [2.45, 2.75) is 69.3 Å². The molecule has 7 rings (SSSR count). The van der Waals surface area contributed by atoms with Gasteiger partial charge in [0, 0.05) is 75.4 Å². The van der Waals surface area contributed by atoms with Crippen molar-refractivity contribution in [1.29, 1.82) is 0 Å². The summed E-state index contributed by atoms with van der Waals surface area (Å²) in [4.78, 5) is 50.8. The Kier molecular flexibility index (Phi) is 10.6. The number of rotatable bonds is 6. The van der Waals surface area contributed by atoms with Crippen molar-refractivity contribution in [3.05, 3.63) is 59.3 Å². The molecule has 5 heterocycles. The lowest BCUT2D eigenvalue weighted by molar-refractivity contribution is -0.142. The van der Waals surface area contributed by atoms with E-state index in [0.29, 0.717) is 58.0 Å². The summed E-state index contributed by atoms with van der Waals surface area (Å²) in [6.07, 6.45) is -1.13. The number of fused-ring (bicyclic) bond motifs is 2. The fraction of sp³-hybridized carbons (Fsp3) is 0.568. The number of carbonyl (C=O) groups is 3. The van der Waals surface area contributed by atoms with Gasteiger partial charge in [-0.1, -0.05) is 18.2 Å². The first kappa shape index (κ1) is 36.0. The fourth-order valence-electron chi connectivity index (χ4n) is 8.24. The summed E-state index contributed by atoms with van der Waals surface area (Å²) in [6, 6.07) is 10.4. The summed E-state index contributed by atoms with van der Waals surface area (Å²) < 4.78 is 48.2. The Balaban J connectivity index is 1.03. The third-order valence-electron chi connectivity index (χ3n) is 11.2. The number of benzene rings is 2. The summed E-state index contributed by atoms with van der Waals surface area (Å²) in [7, 11) is 2.13. The van der Waals surface area contributed by atoms with E-state index >= 15 is 0 Å². The minimum Gasteiger partial charge on any atom is -0.436 e. The molecular weight excluding hydrogens is 677 g/mol. The van der Waals surface area contributed by atoms with E-state index in [9.17, 15) is 27.6 Å². The third kappa shape index (κ3) is 7.99. The van der Waals surface area contributed by atoms with E-state index in [1.54, 1.807) is 11.0 Å². The number of para-hydroxylation sites is 1. The highest BCUT2D eigenvalue weighted by Gasteiger charge is 2.38. The number of ether oxygens (including phenoxy) is 1. The quantitative estimate of drug-likeness (QED) is 0.375. The highest BCUT2D eigenvalue weighted by atomic mass is 19.4. The highest BCUT2D eigenvalue weighted by molar-refractivity contribution is 5.91. The van der Waals surface area contributed by atoms with E-state index in [2.05, 4.69) is 32.4 Å². The summed E-state index contributed by atoms with van der Waals surface area (Å²) in [5, 5.41) is 9.49. The van der Waals surface area contributed by atoms with Crippen molar-refractivity contribution in [1.82, 2.24) is 34.7 Å². The van der Waals surface area contributed by atoms with Gasteiger partial charge in [0.2, 0.25) is 0 Å². The second-order valence-corrected chi connectivity index (χ2v) is 14.6. The van der Waals surface area contributed by atoms with Crippen molar-refractivity contribution >= 4 is 34.6 Å². The standard InChI is InChI=1S/C37H47F3N8O4/c1-44-12-4-13-45(20-19-44)28-8-14-46(15-9-28)34(49)32(23-25-21-27-24-41-43-33(27)30(22-25)37(38,39)40)52-36(51)47-16-10-29(11-17-47)48-18-7-26-5-2-3-6-31(26)42-35(48)50/h2-3,5-6,21-22,24,28-29,32H,4,7-20,23H2,1H3,(H,41,43)(H,42,50)/t32-/m1/s1. The molecule has 0 radical (unpaired) electrons. The van der Waals surface area contributed by atoms with Gasteiger partial charge in [-0.15, -0.1) is 0 Å². The van der Waals surface area contributed by atoms with Gasteiger partial charge in [-0.3, -0.25) is 14.8 Å². The average Bonchev–Trinajstić information content (AvgIpc) is 3.41. The molecule has 3 fully saturated rings. The number of anilines is 1. The summed E-state index contributed by atoms with van der Waals surface area (Å²) >= 11 is 0. The average molecular weight is 725 g/mol. The lowest BCUT2D eigenvalue weighted by Crippen LogP contribution is -2.52. The van der Waals surface area contributed by atoms with Crippen LogP contribution in [0.5, 0.6) is 0 Å². The summed E-state index contributed by atoms with van der Waals surface area (Å²) in [6.45, 7) is 6.18. The smallest absolute Gasteiger partial charge is 0.418 e. The van der Waals surface area contributed by atoms with Crippen molar-refractivity contribution in [3.63, 3.8) is 0 Å². The molecule has 3 saturated heterocycles. The van der Waals surface area contributed by atoms with Crippen LogP contribution in [-0.2, 0) is 28.5 Å². The predicted octanol–water partition coefficient (Wildman–Crippen LogP) is 4.81. The third-order valence-corrected chi connectivity index (χ3v) is 11.2. The molecule has 52 heavy (non-hydrogen) atoms. The predicted molar refractivity (Wildman–Crippen MR) is 189 cm³/mol. The monoisotopic (exact) mass is 724 g/mol. The number of aromatic amines is 1. The van der Waals surface area contributed by atoms with Crippen molar-refractivity contribution in [2.75, 3.05) is 71.3 Å². The normalized spacial score (nSPS) is 21.0. The minimum absolute atomic E-state index is 0.0795. The molecule has 4 amide bonds. The number of nitrogens with one attached hydrogen (secondary N) is 2. The van der Waals surface area contributed by atoms with Gasteiger partial charge in [0.25, 0.3) is 5.91 Å². The van der Waals surface area contributed by atoms with E-state index < -0.39 is 29.8 Å². The van der Waals surface area contributed by atoms with Crippen LogP contribution in [0.2, 0.25) is 0 Å². The van der Waals surface area contributed by atoms with E-state index in [0.717, 1.165) is 62.8 Å². The highest BCUT2D eigenvalue weighted by Crippen LogP contribution is 2.35. The van der Waals surface area contributed by atoms with Gasteiger partial charge in [-0.05, 0) is 88.0 Å². The molecule has 1 atom stereocenters. The van der Waals surface area contributed by atoms with Crippen LogP contribution in [0.25, 0.3) is 10.9 Å². The number of hydrogen-bond acceptors (Lipinski definition) is 7. The van der Waals surface area contributed by atoms with Gasteiger partial charge in [0.1, 0.15) is 0 Å². The molecule has 0 bridgehead atoms. The van der Waals surface area contributed by atoms with Gasteiger partial charge in [0.15, 0.2) is 6.10 Å². The van der Waals surface area contributed by atoms with E-state index in [1.807, 2.05) is 29.2 Å². The number of aromatic nitrogens is 2. The SMILES string of the molecule is CN1CCCN(C2CCN(C(=O)[C@@H](Cc3cc(C(F)(F)F)c4[nH]ncc4c3)OC(=O)N3CCC(N4CCc5ccccc5NC4=O)CC3)CC2)CC1. The molecular formula is C37H47F3N8O4. The Morgan fingerprint density at radius 3 is 2.42 bits per heavy atom. The first-order valence-electron chi connectivity index (χ1n) is 18.4. The molecule has 4 aliphatic heterocycles. The number of alkyl halides is 3. The number of likely N-dealkylation sites (N-methyl/N-ethyl adjacent to an activating group) is 1. The molecule has 280 valence electrons. The van der Waals surface area contributed by atoms with Crippen molar-refractivity contribution in [2.24, 2.45) is 0 Å². The Labute approximate surface area is 301 Å². The number of halogens is 3. The summed E-state index contributed by atoms with van der Waals surface area (Å²) in [5.41, 5.74) is 1.08. The molecule has 15 heteroatoms. The van der Waals surface area contributed by atoms with E-state index in [1.165, 1.54) is 11.1 Å². The molecule has 4 aliphatic rings. The molecule has 0 aliphatic carbocycles. The minimum atomic E-state index is -4.65. The number of likely N-dealkylation sites (tertiary alicyclic amines) is 2. The number of hydrogen-bond donors (Lipinski definition) is 2. The van der Waals surface area contributed by atoms with Crippen LogP contribution in [0.3, 0.4) is 0 Å².